The van der Waals surface area contributed by atoms with Gasteiger partial charge in [-0.2, -0.15) is 0 Å². The van der Waals surface area contributed by atoms with Crippen molar-refractivity contribution in [2.75, 3.05) is 19.0 Å². The fraction of sp³-hybridized carbons (Fsp3) is 0.118. The van der Waals surface area contributed by atoms with E-state index < -0.39 is 0 Å². The van der Waals surface area contributed by atoms with E-state index in [0.29, 0.717) is 0 Å². The molecule has 1 aliphatic heterocycles. The molecule has 0 unspecified atom stereocenters. The van der Waals surface area contributed by atoms with Gasteiger partial charge in [-0.3, -0.25) is 4.79 Å². The van der Waals surface area contributed by atoms with E-state index in [1.807, 2.05) is 44.4 Å². The van der Waals surface area contributed by atoms with Crippen LogP contribution in [0.4, 0.5) is 5.69 Å². The molecule has 0 fully saturated rings. The Morgan fingerprint density at radius 2 is 1.60 bits per heavy atom. The fourth-order valence-corrected chi connectivity index (χ4v) is 2.32. The van der Waals surface area contributed by atoms with Crippen molar-refractivity contribution in [1.82, 2.24) is 5.32 Å². The van der Waals surface area contributed by atoms with E-state index in [4.69, 9.17) is 0 Å². The lowest BCUT2D eigenvalue weighted by molar-refractivity contribution is 0.0981. The predicted octanol–water partition coefficient (Wildman–Crippen LogP) is 2.99. The molecule has 0 saturated carbocycles. The largest absolute Gasteiger partial charge is 0.378 e. The van der Waals surface area contributed by atoms with Crippen molar-refractivity contribution in [2.45, 2.75) is 0 Å². The first-order valence-corrected chi connectivity index (χ1v) is 6.55. The second-order valence-corrected chi connectivity index (χ2v) is 5.04. The van der Waals surface area contributed by atoms with E-state index >= 15 is 0 Å². The molecule has 0 bridgehead atoms. The quantitative estimate of drug-likeness (QED) is 0.904. The summed E-state index contributed by atoms with van der Waals surface area (Å²) in [6, 6.07) is 15.9. The van der Waals surface area contributed by atoms with Gasteiger partial charge in [0.05, 0.1) is 0 Å². The summed E-state index contributed by atoms with van der Waals surface area (Å²) in [5.41, 5.74) is 4.80. The maximum atomic E-state index is 11.9. The van der Waals surface area contributed by atoms with Crippen LogP contribution in [-0.4, -0.2) is 20.0 Å². The third-order valence-corrected chi connectivity index (χ3v) is 3.43. The third-order valence-electron chi connectivity index (χ3n) is 3.43. The molecule has 0 atom stereocenters. The highest BCUT2D eigenvalue weighted by atomic mass is 16.1. The molecule has 20 heavy (non-hydrogen) atoms. The summed E-state index contributed by atoms with van der Waals surface area (Å²) in [4.78, 5) is 13.9. The van der Waals surface area contributed by atoms with Crippen LogP contribution in [0.1, 0.15) is 21.5 Å². The first-order chi connectivity index (χ1) is 9.65. The summed E-state index contributed by atoms with van der Waals surface area (Å²) in [5.74, 6) is -0.0308. The second kappa shape index (κ2) is 4.85. The normalized spacial score (nSPS) is 15.1. The number of fused-ring (bicyclic) bond motifs is 1. The lowest BCUT2D eigenvalue weighted by atomic mass is 10.1. The van der Waals surface area contributed by atoms with Crippen molar-refractivity contribution in [1.29, 1.82) is 0 Å². The number of amides is 1. The number of benzene rings is 2. The van der Waals surface area contributed by atoms with Crippen LogP contribution in [0.3, 0.4) is 0 Å². The van der Waals surface area contributed by atoms with Gasteiger partial charge < -0.3 is 10.2 Å². The second-order valence-electron chi connectivity index (χ2n) is 5.04. The van der Waals surface area contributed by atoms with Crippen molar-refractivity contribution in [2.24, 2.45) is 0 Å². The first-order valence-electron chi connectivity index (χ1n) is 6.55. The van der Waals surface area contributed by atoms with Gasteiger partial charge in [-0.05, 0) is 29.8 Å². The number of nitrogens with one attached hydrogen (secondary N) is 1. The minimum atomic E-state index is -0.0308. The zero-order chi connectivity index (χ0) is 14.1. The van der Waals surface area contributed by atoms with Crippen LogP contribution in [0.2, 0.25) is 0 Å². The monoisotopic (exact) mass is 264 g/mol. The van der Waals surface area contributed by atoms with E-state index in [0.717, 1.165) is 28.1 Å². The first kappa shape index (κ1) is 12.5. The van der Waals surface area contributed by atoms with Crippen LogP contribution in [0.25, 0.3) is 11.8 Å². The molecule has 3 nitrogen and oxygen atoms in total. The van der Waals surface area contributed by atoms with Crippen LogP contribution < -0.4 is 10.2 Å². The molecule has 0 aliphatic carbocycles. The van der Waals surface area contributed by atoms with E-state index in [1.54, 1.807) is 0 Å². The Labute approximate surface area is 118 Å². The average Bonchev–Trinajstić information content (AvgIpc) is 2.77. The van der Waals surface area contributed by atoms with Crippen molar-refractivity contribution >= 4 is 23.4 Å². The highest BCUT2D eigenvalue weighted by Crippen LogP contribution is 2.26. The Bertz CT molecular complexity index is 684. The number of nitrogens with zero attached hydrogens (tertiary/aromatic N) is 1. The number of hydrogen-bond acceptors (Lipinski definition) is 2. The fourth-order valence-electron chi connectivity index (χ4n) is 2.32. The highest BCUT2D eigenvalue weighted by Gasteiger charge is 2.22. The van der Waals surface area contributed by atoms with E-state index in [2.05, 4.69) is 34.5 Å². The van der Waals surface area contributed by atoms with Crippen LogP contribution in [-0.2, 0) is 0 Å². The molecule has 2 aromatic carbocycles. The van der Waals surface area contributed by atoms with Gasteiger partial charge in [0.15, 0.2) is 0 Å². The zero-order valence-corrected chi connectivity index (χ0v) is 11.6. The molecule has 0 radical (unpaired) electrons. The minimum Gasteiger partial charge on any atom is -0.378 e. The molecular weight excluding hydrogens is 248 g/mol. The molecule has 3 rings (SSSR count). The van der Waals surface area contributed by atoms with Gasteiger partial charge in [0, 0.05) is 36.6 Å². The summed E-state index contributed by atoms with van der Waals surface area (Å²) in [6.45, 7) is 0. The summed E-state index contributed by atoms with van der Waals surface area (Å²) in [5, 5.41) is 2.92. The predicted molar refractivity (Wildman–Crippen MR) is 82.5 cm³/mol. The number of hydrogen-bond donors (Lipinski definition) is 1. The molecule has 0 spiro atoms. The summed E-state index contributed by atoms with van der Waals surface area (Å²) >= 11 is 0. The number of anilines is 1. The molecule has 1 amide bonds. The highest BCUT2D eigenvalue weighted by molar-refractivity contribution is 6.11. The molecular formula is C17H16N2O. The van der Waals surface area contributed by atoms with Gasteiger partial charge in [0.1, 0.15) is 0 Å². The summed E-state index contributed by atoms with van der Waals surface area (Å²) in [7, 11) is 4.03. The van der Waals surface area contributed by atoms with Crippen molar-refractivity contribution in [3.8, 4) is 0 Å². The van der Waals surface area contributed by atoms with Gasteiger partial charge in [-0.25, -0.2) is 0 Å². The van der Waals surface area contributed by atoms with Gasteiger partial charge in [0.2, 0.25) is 0 Å². The van der Waals surface area contributed by atoms with Gasteiger partial charge in [0.25, 0.3) is 5.91 Å². The Morgan fingerprint density at radius 3 is 2.25 bits per heavy atom. The van der Waals surface area contributed by atoms with E-state index in [1.165, 1.54) is 0 Å². The zero-order valence-electron chi connectivity index (χ0n) is 11.6. The lowest BCUT2D eigenvalue weighted by Gasteiger charge is -2.12. The van der Waals surface area contributed by atoms with Gasteiger partial charge in [-0.15, -0.1) is 0 Å². The molecule has 0 aromatic heterocycles. The Morgan fingerprint density at radius 1 is 0.950 bits per heavy atom. The molecule has 1 aliphatic rings. The lowest BCUT2D eigenvalue weighted by Crippen LogP contribution is -2.11. The molecule has 0 saturated heterocycles. The van der Waals surface area contributed by atoms with Crippen LogP contribution in [0.15, 0.2) is 48.5 Å². The van der Waals surface area contributed by atoms with Crippen molar-refractivity contribution in [3.05, 3.63) is 65.2 Å². The number of rotatable bonds is 2. The van der Waals surface area contributed by atoms with E-state index in [9.17, 15) is 4.79 Å². The molecule has 2 aromatic rings. The number of carbonyl (C=O) groups excluding carboxylic acids is 1. The maximum Gasteiger partial charge on any atom is 0.256 e. The van der Waals surface area contributed by atoms with Crippen molar-refractivity contribution < 1.29 is 4.79 Å². The SMILES string of the molecule is CN(C)c1ccc(/C=C2\NC(=O)c3ccccc32)cc1. The maximum absolute atomic E-state index is 11.9. The average molecular weight is 264 g/mol. The smallest absolute Gasteiger partial charge is 0.256 e. The molecule has 1 N–H and O–H groups in total. The number of carbonyl (C=O) groups is 1. The van der Waals surface area contributed by atoms with Crippen LogP contribution in [0, 0.1) is 0 Å². The van der Waals surface area contributed by atoms with Crippen molar-refractivity contribution in [3.63, 3.8) is 0 Å². The summed E-state index contributed by atoms with van der Waals surface area (Å²) < 4.78 is 0. The Balaban J connectivity index is 1.96. The minimum absolute atomic E-state index is 0.0308. The molecule has 1 heterocycles. The molecule has 100 valence electrons. The standard InChI is InChI=1S/C17H16N2O/c1-19(2)13-9-7-12(8-10-13)11-16-14-5-3-4-6-15(14)17(20)18-16/h3-11H,1-2H3,(H,18,20)/b16-11-. The summed E-state index contributed by atoms with van der Waals surface area (Å²) in [6.07, 6.45) is 2.00. The third kappa shape index (κ3) is 2.18. The van der Waals surface area contributed by atoms with Gasteiger partial charge in [-0.1, -0.05) is 30.3 Å². The van der Waals surface area contributed by atoms with E-state index in [-0.39, 0.29) is 5.91 Å². The Hall–Kier alpha value is -2.55. The van der Waals surface area contributed by atoms with Crippen LogP contribution >= 0.6 is 0 Å². The van der Waals surface area contributed by atoms with Gasteiger partial charge >= 0.3 is 0 Å². The van der Waals surface area contributed by atoms with Crippen LogP contribution in [0.5, 0.6) is 0 Å². The molecule has 3 heteroatoms. The Kier molecular flexibility index (Phi) is 3.03. The topological polar surface area (TPSA) is 32.3 Å².